The molecule has 8 heteroatoms. The summed E-state index contributed by atoms with van der Waals surface area (Å²) in [5.74, 6) is -4.25. The Bertz CT molecular complexity index is 489. The topological polar surface area (TPSA) is 69.6 Å². The summed E-state index contributed by atoms with van der Waals surface area (Å²) in [6, 6.07) is -0.523. The van der Waals surface area contributed by atoms with E-state index in [-0.39, 0.29) is 12.6 Å². The molecule has 2 N–H and O–H groups in total. The third kappa shape index (κ3) is 3.32. The lowest BCUT2D eigenvalue weighted by Crippen LogP contribution is -2.53. The van der Waals surface area contributed by atoms with E-state index in [0.29, 0.717) is 11.8 Å². The number of carboxylic acids is 1. The van der Waals surface area contributed by atoms with Gasteiger partial charge in [0.05, 0.1) is 11.8 Å². The van der Waals surface area contributed by atoms with Crippen LogP contribution in [0, 0.1) is 23.7 Å². The number of rotatable bonds is 4. The van der Waals surface area contributed by atoms with Gasteiger partial charge in [-0.05, 0) is 37.5 Å². The molecule has 0 bridgehead atoms. The lowest BCUT2D eigenvalue weighted by molar-refractivity contribution is -0.187. The van der Waals surface area contributed by atoms with Crippen LogP contribution in [0.2, 0.25) is 0 Å². The Morgan fingerprint density at radius 2 is 1.58 bits per heavy atom. The number of aliphatic carboxylic acids is 1. The number of hydrogen-bond acceptors (Lipinski definition) is 2. The van der Waals surface area contributed by atoms with Crippen molar-refractivity contribution in [2.24, 2.45) is 23.7 Å². The van der Waals surface area contributed by atoms with Crippen LogP contribution in [0.5, 0.6) is 0 Å². The number of carbonyl (C=O) groups is 2. The van der Waals surface area contributed by atoms with Crippen LogP contribution in [0.25, 0.3) is 0 Å². The van der Waals surface area contributed by atoms with Gasteiger partial charge in [-0.3, -0.25) is 4.79 Å². The van der Waals surface area contributed by atoms with Crippen molar-refractivity contribution in [3.63, 3.8) is 0 Å². The van der Waals surface area contributed by atoms with Gasteiger partial charge in [-0.2, -0.15) is 13.2 Å². The molecular formula is C16H23F3N2O3. The highest BCUT2D eigenvalue weighted by molar-refractivity contribution is 5.78. The van der Waals surface area contributed by atoms with Gasteiger partial charge in [0.15, 0.2) is 0 Å². The van der Waals surface area contributed by atoms with Crippen LogP contribution in [0.15, 0.2) is 0 Å². The molecule has 3 rings (SSSR count). The van der Waals surface area contributed by atoms with E-state index in [4.69, 9.17) is 5.11 Å². The maximum absolute atomic E-state index is 13.0. The van der Waals surface area contributed by atoms with Crippen molar-refractivity contribution in [1.82, 2.24) is 10.2 Å². The van der Waals surface area contributed by atoms with E-state index < -0.39 is 36.6 Å². The number of likely N-dealkylation sites (tertiary alicyclic amines) is 1. The molecule has 5 nitrogen and oxygen atoms in total. The number of nitrogens with zero attached hydrogens (tertiary/aromatic N) is 1. The molecule has 0 radical (unpaired) electrons. The molecule has 0 spiro atoms. The highest BCUT2D eigenvalue weighted by Gasteiger charge is 2.54. The van der Waals surface area contributed by atoms with E-state index in [2.05, 4.69) is 5.32 Å². The van der Waals surface area contributed by atoms with Crippen molar-refractivity contribution in [3.05, 3.63) is 0 Å². The Balaban J connectivity index is 1.64. The minimum atomic E-state index is -4.61. The molecule has 0 aromatic heterocycles. The molecule has 24 heavy (non-hydrogen) atoms. The lowest BCUT2D eigenvalue weighted by atomic mass is 9.68. The second-order valence-corrected chi connectivity index (χ2v) is 7.36. The second-order valence-electron chi connectivity index (χ2n) is 7.36. The Morgan fingerprint density at radius 1 is 1.04 bits per heavy atom. The minimum Gasteiger partial charge on any atom is -0.481 e. The number of carbonyl (C=O) groups excluding carboxylic acids is 1. The lowest BCUT2D eigenvalue weighted by Gasteiger charge is -2.43. The van der Waals surface area contributed by atoms with Crippen molar-refractivity contribution >= 4 is 12.0 Å². The Labute approximate surface area is 138 Å². The molecule has 3 aliphatic rings. The SMILES string of the molecule is O=C(O)[C@@H]1CN(C(=O)NC(C2CCC2)C2CCC2)C[C@H]1C(F)(F)F. The molecule has 2 atom stereocenters. The molecule has 2 amide bonds. The average molecular weight is 348 g/mol. The molecule has 1 aliphatic heterocycles. The van der Waals surface area contributed by atoms with E-state index in [9.17, 15) is 22.8 Å². The van der Waals surface area contributed by atoms with E-state index >= 15 is 0 Å². The summed E-state index contributed by atoms with van der Waals surface area (Å²) in [5.41, 5.74) is 0. The van der Waals surface area contributed by atoms with Gasteiger partial charge in [-0.25, -0.2) is 4.79 Å². The first kappa shape index (κ1) is 17.4. The first-order chi connectivity index (χ1) is 11.3. The molecular weight excluding hydrogens is 325 g/mol. The first-order valence-electron chi connectivity index (χ1n) is 8.62. The summed E-state index contributed by atoms with van der Waals surface area (Å²) in [6.07, 6.45) is 1.83. The fourth-order valence-corrected chi connectivity index (χ4v) is 4.00. The molecule has 1 heterocycles. The molecule has 2 saturated carbocycles. The number of halogens is 3. The van der Waals surface area contributed by atoms with Crippen molar-refractivity contribution in [1.29, 1.82) is 0 Å². The van der Waals surface area contributed by atoms with Crippen LogP contribution in [-0.4, -0.2) is 47.3 Å². The first-order valence-corrected chi connectivity index (χ1v) is 8.62. The van der Waals surface area contributed by atoms with Gasteiger partial charge in [0.25, 0.3) is 0 Å². The summed E-state index contributed by atoms with van der Waals surface area (Å²) < 4.78 is 39.1. The van der Waals surface area contributed by atoms with Crippen molar-refractivity contribution in [3.8, 4) is 0 Å². The van der Waals surface area contributed by atoms with Gasteiger partial charge in [0.2, 0.25) is 0 Å². The fraction of sp³-hybridized carbons (Fsp3) is 0.875. The highest BCUT2D eigenvalue weighted by atomic mass is 19.4. The van der Waals surface area contributed by atoms with E-state index in [1.54, 1.807) is 0 Å². The van der Waals surface area contributed by atoms with Crippen molar-refractivity contribution < 1.29 is 27.9 Å². The zero-order valence-corrected chi connectivity index (χ0v) is 13.4. The van der Waals surface area contributed by atoms with Crippen LogP contribution in [0.1, 0.15) is 38.5 Å². The number of nitrogens with one attached hydrogen (secondary N) is 1. The third-order valence-electron chi connectivity index (χ3n) is 5.95. The predicted octanol–water partition coefficient (Wildman–Crippen LogP) is 2.86. The quantitative estimate of drug-likeness (QED) is 0.821. The summed E-state index contributed by atoms with van der Waals surface area (Å²) in [4.78, 5) is 24.6. The van der Waals surface area contributed by atoms with Crippen LogP contribution >= 0.6 is 0 Å². The molecule has 0 aromatic carbocycles. The van der Waals surface area contributed by atoms with Gasteiger partial charge in [0, 0.05) is 19.1 Å². The van der Waals surface area contributed by atoms with E-state index in [1.807, 2.05) is 0 Å². The summed E-state index contributed by atoms with van der Waals surface area (Å²) >= 11 is 0. The van der Waals surface area contributed by atoms with Gasteiger partial charge < -0.3 is 15.3 Å². The molecule has 136 valence electrons. The van der Waals surface area contributed by atoms with Crippen LogP contribution in [0.4, 0.5) is 18.0 Å². The third-order valence-corrected chi connectivity index (χ3v) is 5.95. The van der Waals surface area contributed by atoms with Crippen LogP contribution < -0.4 is 5.32 Å². The highest BCUT2D eigenvalue weighted by Crippen LogP contribution is 2.41. The molecule has 0 aromatic rings. The zero-order chi connectivity index (χ0) is 17.5. The van der Waals surface area contributed by atoms with Gasteiger partial charge >= 0.3 is 18.2 Å². The normalized spacial score (nSPS) is 28.6. The standard InChI is InChI=1S/C16H23F3N2O3/c17-16(18,19)12-8-21(7-11(12)14(22)23)15(24)20-13(9-3-1-4-9)10-5-2-6-10/h9-13H,1-8H2,(H,20,24)(H,22,23)/t11-,12-/m1/s1. The van der Waals surface area contributed by atoms with E-state index in [1.165, 1.54) is 0 Å². The Morgan fingerprint density at radius 3 is 1.92 bits per heavy atom. The summed E-state index contributed by atoms with van der Waals surface area (Å²) in [6.45, 7) is -0.957. The van der Waals surface area contributed by atoms with E-state index in [0.717, 1.165) is 43.4 Å². The van der Waals surface area contributed by atoms with Gasteiger partial charge in [-0.15, -0.1) is 0 Å². The maximum atomic E-state index is 13.0. The largest absolute Gasteiger partial charge is 0.481 e. The summed E-state index contributed by atoms with van der Waals surface area (Å²) in [7, 11) is 0. The average Bonchev–Trinajstić information content (AvgIpc) is 2.79. The number of alkyl halides is 3. The number of amides is 2. The number of carboxylic acid groups (broad SMARTS) is 1. The van der Waals surface area contributed by atoms with Crippen molar-refractivity contribution in [2.75, 3.05) is 13.1 Å². The Kier molecular flexibility index (Phi) is 4.66. The maximum Gasteiger partial charge on any atom is 0.394 e. The van der Waals surface area contributed by atoms with Gasteiger partial charge in [-0.1, -0.05) is 12.8 Å². The molecule has 3 fully saturated rings. The molecule has 2 aliphatic carbocycles. The van der Waals surface area contributed by atoms with Crippen LogP contribution in [0.3, 0.4) is 0 Å². The number of hydrogen-bond donors (Lipinski definition) is 2. The fourth-order valence-electron chi connectivity index (χ4n) is 4.00. The summed E-state index contributed by atoms with van der Waals surface area (Å²) in [5, 5.41) is 12.0. The zero-order valence-electron chi connectivity index (χ0n) is 13.4. The minimum absolute atomic E-state index is 0.0215. The monoisotopic (exact) mass is 348 g/mol. The molecule has 0 unspecified atom stereocenters. The Hall–Kier alpha value is -1.47. The van der Waals surface area contributed by atoms with Crippen molar-refractivity contribution in [2.45, 2.75) is 50.7 Å². The van der Waals surface area contributed by atoms with Crippen LogP contribution in [-0.2, 0) is 4.79 Å². The second kappa shape index (κ2) is 6.44. The molecule has 1 saturated heterocycles. The van der Waals surface area contributed by atoms with Gasteiger partial charge in [0.1, 0.15) is 0 Å². The predicted molar refractivity (Wildman–Crippen MR) is 79.2 cm³/mol. The smallest absolute Gasteiger partial charge is 0.394 e. The number of urea groups is 1.